The second-order valence-electron chi connectivity index (χ2n) is 8.27. The topological polar surface area (TPSA) is 66.5 Å². The molecule has 5 nitrogen and oxygen atoms in total. The van der Waals surface area contributed by atoms with Crippen LogP contribution in [0, 0.1) is 0 Å². The van der Waals surface area contributed by atoms with Gasteiger partial charge in [0.2, 0.25) is 0 Å². The van der Waals surface area contributed by atoms with Crippen molar-refractivity contribution in [3.05, 3.63) is 57.9 Å². The van der Waals surface area contributed by atoms with Gasteiger partial charge in [-0.15, -0.1) is 11.3 Å². The molecule has 1 aliphatic carbocycles. The van der Waals surface area contributed by atoms with Crippen LogP contribution in [0.5, 0.6) is 0 Å². The molecule has 1 aliphatic rings. The Labute approximate surface area is 202 Å². The van der Waals surface area contributed by atoms with Crippen LogP contribution in [0.4, 0.5) is 5.69 Å². The number of halogens is 1. The van der Waals surface area contributed by atoms with E-state index in [1.165, 1.54) is 47.7 Å². The second kappa shape index (κ2) is 9.93. The Morgan fingerprint density at radius 2 is 1.66 bits per heavy atom. The minimum atomic E-state index is -3.68. The standard InChI is InChI=1S/C24H27BrN2O3S2/c1-27(32(29,30)21-12-9-18(25)10-13-21)20-11-14-22-17(15-20)16-23(31-22)24(28)26-19-7-5-3-2-4-6-8-19/h9-16,19H,2-8H2,1H3,(H,26,28). The van der Waals surface area contributed by atoms with Gasteiger partial charge in [-0.2, -0.15) is 0 Å². The lowest BCUT2D eigenvalue weighted by atomic mass is 9.97. The highest BCUT2D eigenvalue weighted by Gasteiger charge is 2.22. The first-order chi connectivity index (χ1) is 15.3. The Morgan fingerprint density at radius 3 is 2.34 bits per heavy atom. The normalized spacial score (nSPS) is 15.8. The van der Waals surface area contributed by atoms with Crippen molar-refractivity contribution in [2.75, 3.05) is 11.4 Å². The number of thiophene rings is 1. The van der Waals surface area contributed by atoms with E-state index in [0.717, 1.165) is 27.4 Å². The predicted octanol–water partition coefficient (Wildman–Crippen LogP) is 6.33. The molecule has 0 saturated heterocycles. The van der Waals surface area contributed by atoms with Gasteiger partial charge < -0.3 is 5.32 Å². The number of rotatable bonds is 5. The summed E-state index contributed by atoms with van der Waals surface area (Å²) in [7, 11) is -2.13. The number of amides is 1. The Hall–Kier alpha value is -1.90. The average molecular weight is 536 g/mol. The first-order valence-corrected chi connectivity index (χ1v) is 14.0. The van der Waals surface area contributed by atoms with Crippen LogP contribution in [0.2, 0.25) is 0 Å². The fourth-order valence-corrected chi connectivity index (χ4v) is 6.50. The molecule has 1 N–H and O–H groups in total. The lowest BCUT2D eigenvalue weighted by Crippen LogP contribution is -2.34. The molecule has 8 heteroatoms. The summed E-state index contributed by atoms with van der Waals surface area (Å²) < 4.78 is 29.1. The van der Waals surface area contributed by atoms with E-state index in [9.17, 15) is 13.2 Å². The van der Waals surface area contributed by atoms with Crippen molar-refractivity contribution in [2.45, 2.75) is 55.9 Å². The number of nitrogens with one attached hydrogen (secondary N) is 1. The summed E-state index contributed by atoms with van der Waals surface area (Å²) in [5.74, 6) is -0.0332. The molecule has 0 bridgehead atoms. The highest BCUT2D eigenvalue weighted by molar-refractivity contribution is 9.10. The molecule has 3 aromatic rings. The third-order valence-corrected chi connectivity index (χ3v) is 9.44. The van der Waals surface area contributed by atoms with Gasteiger partial charge in [-0.3, -0.25) is 9.10 Å². The summed E-state index contributed by atoms with van der Waals surface area (Å²) >= 11 is 4.78. The van der Waals surface area contributed by atoms with Crippen molar-refractivity contribution in [1.82, 2.24) is 5.32 Å². The van der Waals surface area contributed by atoms with E-state index >= 15 is 0 Å². The van der Waals surface area contributed by atoms with Gasteiger partial charge >= 0.3 is 0 Å². The third-order valence-electron chi connectivity index (χ3n) is 6.00. The smallest absolute Gasteiger partial charge is 0.264 e. The SMILES string of the molecule is CN(c1ccc2sc(C(=O)NC3CCCCCCC3)cc2c1)S(=O)(=O)c1ccc(Br)cc1. The average Bonchev–Trinajstić information content (AvgIpc) is 3.19. The predicted molar refractivity (Wildman–Crippen MR) is 135 cm³/mol. The van der Waals surface area contributed by atoms with E-state index in [2.05, 4.69) is 21.2 Å². The van der Waals surface area contributed by atoms with Crippen LogP contribution in [-0.4, -0.2) is 27.4 Å². The maximum absolute atomic E-state index is 13.0. The van der Waals surface area contributed by atoms with Crippen LogP contribution < -0.4 is 9.62 Å². The molecule has 170 valence electrons. The van der Waals surface area contributed by atoms with Crippen LogP contribution in [0.15, 0.2) is 57.9 Å². The first-order valence-electron chi connectivity index (χ1n) is 10.9. The van der Waals surface area contributed by atoms with Crippen LogP contribution in [0.1, 0.15) is 54.6 Å². The molecule has 1 amide bonds. The zero-order chi connectivity index (χ0) is 22.7. The molecule has 4 rings (SSSR count). The van der Waals surface area contributed by atoms with Crippen molar-refractivity contribution >= 4 is 59.0 Å². The zero-order valence-electron chi connectivity index (χ0n) is 18.0. The summed E-state index contributed by atoms with van der Waals surface area (Å²) in [6.07, 6.45) is 8.20. The molecule has 1 heterocycles. The lowest BCUT2D eigenvalue weighted by Gasteiger charge is -2.20. The van der Waals surface area contributed by atoms with Gasteiger partial charge in [-0.1, -0.05) is 48.0 Å². The van der Waals surface area contributed by atoms with Gasteiger partial charge in [0.15, 0.2) is 0 Å². The van der Waals surface area contributed by atoms with Crippen LogP contribution >= 0.6 is 27.3 Å². The van der Waals surface area contributed by atoms with Crippen LogP contribution in [-0.2, 0) is 10.0 Å². The summed E-state index contributed by atoms with van der Waals surface area (Å²) in [5.41, 5.74) is 0.560. The molecular formula is C24H27BrN2O3S2. The van der Waals surface area contributed by atoms with Gasteiger partial charge in [0.05, 0.1) is 15.5 Å². The van der Waals surface area contributed by atoms with Crippen molar-refractivity contribution in [2.24, 2.45) is 0 Å². The monoisotopic (exact) mass is 534 g/mol. The summed E-state index contributed by atoms with van der Waals surface area (Å²) in [5, 5.41) is 4.08. The molecule has 0 radical (unpaired) electrons. The van der Waals surface area contributed by atoms with Gasteiger partial charge in [0, 0.05) is 22.3 Å². The van der Waals surface area contributed by atoms with E-state index < -0.39 is 10.0 Å². The lowest BCUT2D eigenvalue weighted by molar-refractivity contribution is 0.0934. The fourth-order valence-electron chi connectivity index (χ4n) is 4.10. The molecule has 1 aromatic heterocycles. The maximum atomic E-state index is 13.0. The van der Waals surface area contributed by atoms with Gasteiger partial charge in [-0.25, -0.2) is 8.42 Å². The first kappa shape index (κ1) is 23.3. The molecular weight excluding hydrogens is 508 g/mol. The number of carbonyl (C=O) groups excluding carboxylic acids is 1. The zero-order valence-corrected chi connectivity index (χ0v) is 21.2. The number of anilines is 1. The number of carbonyl (C=O) groups is 1. The molecule has 0 spiro atoms. The Balaban J connectivity index is 1.53. The number of fused-ring (bicyclic) bond motifs is 1. The number of benzene rings is 2. The molecule has 0 aliphatic heterocycles. The Bertz CT molecular complexity index is 1200. The maximum Gasteiger partial charge on any atom is 0.264 e. The number of hydrogen-bond donors (Lipinski definition) is 1. The van der Waals surface area contributed by atoms with Crippen molar-refractivity contribution in [1.29, 1.82) is 0 Å². The van der Waals surface area contributed by atoms with E-state index in [1.807, 2.05) is 18.2 Å². The molecule has 1 saturated carbocycles. The third kappa shape index (κ3) is 5.18. The summed E-state index contributed by atoms with van der Waals surface area (Å²) in [6.45, 7) is 0. The summed E-state index contributed by atoms with van der Waals surface area (Å²) in [4.78, 5) is 13.8. The van der Waals surface area contributed by atoms with E-state index in [1.54, 1.807) is 37.4 Å². The molecule has 32 heavy (non-hydrogen) atoms. The van der Waals surface area contributed by atoms with Gasteiger partial charge in [-0.05, 0) is 66.8 Å². The van der Waals surface area contributed by atoms with E-state index in [4.69, 9.17) is 0 Å². The second-order valence-corrected chi connectivity index (χ2v) is 12.2. The number of sulfonamides is 1. The quantitative estimate of drug-likeness (QED) is 0.415. The van der Waals surface area contributed by atoms with Crippen molar-refractivity contribution < 1.29 is 13.2 Å². The molecule has 0 unspecified atom stereocenters. The van der Waals surface area contributed by atoms with E-state index in [0.29, 0.717) is 10.6 Å². The van der Waals surface area contributed by atoms with E-state index in [-0.39, 0.29) is 16.8 Å². The minimum Gasteiger partial charge on any atom is -0.349 e. The Kier molecular flexibility index (Phi) is 7.22. The molecule has 1 fully saturated rings. The highest BCUT2D eigenvalue weighted by atomic mass is 79.9. The number of nitrogens with zero attached hydrogens (tertiary/aromatic N) is 1. The Morgan fingerprint density at radius 1 is 1.00 bits per heavy atom. The van der Waals surface area contributed by atoms with Crippen molar-refractivity contribution in [3.8, 4) is 0 Å². The van der Waals surface area contributed by atoms with Crippen LogP contribution in [0.25, 0.3) is 10.1 Å². The molecule has 0 atom stereocenters. The van der Waals surface area contributed by atoms with Gasteiger partial charge in [0.1, 0.15) is 0 Å². The largest absolute Gasteiger partial charge is 0.349 e. The number of hydrogen-bond acceptors (Lipinski definition) is 4. The minimum absolute atomic E-state index is 0.0332. The van der Waals surface area contributed by atoms with Crippen molar-refractivity contribution in [3.63, 3.8) is 0 Å². The van der Waals surface area contributed by atoms with Crippen LogP contribution in [0.3, 0.4) is 0 Å². The molecule has 2 aromatic carbocycles. The fraction of sp³-hybridized carbons (Fsp3) is 0.375. The summed E-state index contributed by atoms with van der Waals surface area (Å²) in [6, 6.07) is 14.2. The van der Waals surface area contributed by atoms with Gasteiger partial charge in [0.25, 0.3) is 15.9 Å². The highest BCUT2D eigenvalue weighted by Crippen LogP contribution is 2.31.